The molecule has 1 aliphatic rings. The van der Waals surface area contributed by atoms with Gasteiger partial charge < -0.3 is 0 Å². The molecule has 8 aromatic carbocycles. The van der Waals surface area contributed by atoms with Gasteiger partial charge in [0.1, 0.15) is 0 Å². The van der Waals surface area contributed by atoms with Crippen molar-refractivity contribution in [1.82, 2.24) is 15.0 Å². The maximum absolute atomic E-state index is 5.01. The Morgan fingerprint density at radius 1 is 0.236 bits per heavy atom. The lowest BCUT2D eigenvalue weighted by molar-refractivity contribution is 0.768. The van der Waals surface area contributed by atoms with Crippen molar-refractivity contribution in [3.05, 3.63) is 235 Å². The molecule has 1 aromatic heterocycles. The predicted molar refractivity (Wildman–Crippen MR) is 224 cm³/mol. The van der Waals surface area contributed by atoms with Crippen molar-refractivity contribution in [3.8, 4) is 67.5 Å². The first-order valence-corrected chi connectivity index (χ1v) is 18.7. The third kappa shape index (κ3) is 5.65. The van der Waals surface area contributed by atoms with Gasteiger partial charge in [0.2, 0.25) is 0 Å². The Morgan fingerprint density at radius 3 is 0.982 bits per heavy atom. The summed E-state index contributed by atoms with van der Waals surface area (Å²) in [5.74, 6) is 1.93. The van der Waals surface area contributed by atoms with Crippen LogP contribution in [0.15, 0.2) is 212 Å². The van der Waals surface area contributed by atoms with Crippen LogP contribution in [-0.2, 0) is 5.41 Å². The first-order valence-electron chi connectivity index (χ1n) is 18.7. The van der Waals surface area contributed by atoms with Crippen LogP contribution in [0.25, 0.3) is 67.5 Å². The standard InChI is InChI=1S/C52H35N3/c1-4-14-36(15-5-1)37-24-28-41(29-25-37)50-53-49(40-16-6-2-7-17-40)54-51(55-50)42-30-26-38(27-31-42)39-32-34-44(35-33-39)52(43-18-8-3-9-19-43)47-22-12-10-20-45(47)46-21-11-13-23-48(46)52/h1-35H. The summed E-state index contributed by atoms with van der Waals surface area (Å²) in [5.41, 5.74) is 14.8. The van der Waals surface area contributed by atoms with Gasteiger partial charge in [-0.15, -0.1) is 0 Å². The van der Waals surface area contributed by atoms with Crippen LogP contribution in [0, 0.1) is 0 Å². The van der Waals surface area contributed by atoms with Gasteiger partial charge in [0.25, 0.3) is 0 Å². The fourth-order valence-electron chi connectivity index (χ4n) is 8.23. The van der Waals surface area contributed by atoms with Gasteiger partial charge in [-0.25, -0.2) is 15.0 Å². The molecule has 9 aromatic rings. The fraction of sp³-hybridized carbons (Fsp3) is 0.0192. The predicted octanol–water partition coefficient (Wildman–Crippen LogP) is 12.6. The Morgan fingerprint density at radius 2 is 0.527 bits per heavy atom. The normalized spacial score (nSPS) is 12.5. The minimum absolute atomic E-state index is 0.411. The van der Waals surface area contributed by atoms with Gasteiger partial charge in [-0.3, -0.25) is 0 Å². The first-order chi connectivity index (χ1) is 27.3. The molecule has 3 nitrogen and oxygen atoms in total. The lowest BCUT2D eigenvalue weighted by atomic mass is 9.67. The molecule has 0 unspecified atom stereocenters. The van der Waals surface area contributed by atoms with Crippen LogP contribution in [0.3, 0.4) is 0 Å². The van der Waals surface area contributed by atoms with Crippen LogP contribution in [0.5, 0.6) is 0 Å². The van der Waals surface area contributed by atoms with Crippen molar-refractivity contribution in [2.75, 3.05) is 0 Å². The highest BCUT2D eigenvalue weighted by atomic mass is 15.0. The molecular formula is C52H35N3. The molecule has 0 fully saturated rings. The zero-order valence-corrected chi connectivity index (χ0v) is 30.0. The second-order valence-corrected chi connectivity index (χ2v) is 14.0. The van der Waals surface area contributed by atoms with E-state index in [4.69, 9.17) is 15.0 Å². The molecule has 0 bridgehead atoms. The van der Waals surface area contributed by atoms with Crippen molar-refractivity contribution in [1.29, 1.82) is 0 Å². The Bertz CT molecular complexity index is 2710. The molecule has 1 heterocycles. The number of nitrogens with zero attached hydrogens (tertiary/aromatic N) is 3. The van der Waals surface area contributed by atoms with Gasteiger partial charge in [0.05, 0.1) is 5.41 Å². The molecule has 3 heteroatoms. The zero-order valence-electron chi connectivity index (χ0n) is 30.0. The number of hydrogen-bond donors (Lipinski definition) is 0. The summed E-state index contributed by atoms with van der Waals surface area (Å²) >= 11 is 0. The maximum Gasteiger partial charge on any atom is 0.164 e. The zero-order chi connectivity index (χ0) is 36.6. The van der Waals surface area contributed by atoms with E-state index in [2.05, 4.69) is 176 Å². The molecule has 55 heavy (non-hydrogen) atoms. The molecule has 0 radical (unpaired) electrons. The lowest BCUT2D eigenvalue weighted by Gasteiger charge is -2.34. The Labute approximate surface area is 321 Å². The van der Waals surface area contributed by atoms with E-state index < -0.39 is 5.41 Å². The van der Waals surface area contributed by atoms with E-state index >= 15 is 0 Å². The van der Waals surface area contributed by atoms with Crippen molar-refractivity contribution in [2.24, 2.45) is 0 Å². The van der Waals surface area contributed by atoms with Gasteiger partial charge in [-0.1, -0.05) is 212 Å². The van der Waals surface area contributed by atoms with Gasteiger partial charge in [-0.2, -0.15) is 0 Å². The van der Waals surface area contributed by atoms with E-state index in [1.165, 1.54) is 38.9 Å². The third-order valence-corrected chi connectivity index (χ3v) is 10.9. The van der Waals surface area contributed by atoms with Gasteiger partial charge >= 0.3 is 0 Å². The summed E-state index contributed by atoms with van der Waals surface area (Å²) in [6, 6.07) is 75.3. The minimum atomic E-state index is -0.411. The number of fused-ring (bicyclic) bond motifs is 3. The van der Waals surface area contributed by atoms with Crippen LogP contribution in [0.2, 0.25) is 0 Å². The van der Waals surface area contributed by atoms with Gasteiger partial charge in [-0.05, 0) is 55.6 Å². The summed E-state index contributed by atoms with van der Waals surface area (Å²) in [7, 11) is 0. The topological polar surface area (TPSA) is 38.7 Å². The van der Waals surface area contributed by atoms with E-state index in [9.17, 15) is 0 Å². The third-order valence-electron chi connectivity index (χ3n) is 10.9. The highest BCUT2D eigenvalue weighted by Crippen LogP contribution is 2.56. The Kier molecular flexibility index (Phi) is 8.04. The fourth-order valence-corrected chi connectivity index (χ4v) is 8.23. The molecule has 0 spiro atoms. The van der Waals surface area contributed by atoms with Gasteiger partial charge in [0, 0.05) is 16.7 Å². The summed E-state index contributed by atoms with van der Waals surface area (Å²) < 4.78 is 0. The van der Waals surface area contributed by atoms with Crippen molar-refractivity contribution in [2.45, 2.75) is 5.41 Å². The molecule has 258 valence electrons. The van der Waals surface area contributed by atoms with Crippen LogP contribution in [0.4, 0.5) is 0 Å². The lowest BCUT2D eigenvalue weighted by Crippen LogP contribution is -2.28. The Hall–Kier alpha value is -7.23. The number of hydrogen-bond acceptors (Lipinski definition) is 3. The Balaban J connectivity index is 1.01. The average Bonchev–Trinajstić information content (AvgIpc) is 3.58. The number of rotatable bonds is 7. The summed E-state index contributed by atoms with van der Waals surface area (Å²) in [5, 5.41) is 0. The molecule has 1 aliphatic carbocycles. The highest BCUT2D eigenvalue weighted by molar-refractivity contribution is 5.86. The van der Waals surface area contributed by atoms with E-state index in [1.54, 1.807) is 0 Å². The molecular weight excluding hydrogens is 667 g/mol. The average molecular weight is 702 g/mol. The van der Waals surface area contributed by atoms with E-state index in [0.29, 0.717) is 17.5 Å². The van der Waals surface area contributed by atoms with Crippen molar-refractivity contribution >= 4 is 0 Å². The van der Waals surface area contributed by atoms with Crippen LogP contribution >= 0.6 is 0 Å². The summed E-state index contributed by atoms with van der Waals surface area (Å²) in [6.07, 6.45) is 0. The molecule has 0 atom stereocenters. The highest BCUT2D eigenvalue weighted by Gasteiger charge is 2.45. The molecule has 0 saturated carbocycles. The summed E-state index contributed by atoms with van der Waals surface area (Å²) in [6.45, 7) is 0. The second-order valence-electron chi connectivity index (χ2n) is 14.0. The second kappa shape index (κ2) is 13.6. The largest absolute Gasteiger partial charge is 0.208 e. The molecule has 0 aliphatic heterocycles. The molecule has 0 N–H and O–H groups in total. The summed E-state index contributed by atoms with van der Waals surface area (Å²) in [4.78, 5) is 14.9. The molecule has 0 saturated heterocycles. The van der Waals surface area contributed by atoms with Crippen LogP contribution < -0.4 is 0 Å². The first kappa shape index (κ1) is 32.4. The van der Waals surface area contributed by atoms with Gasteiger partial charge in [0.15, 0.2) is 17.5 Å². The monoisotopic (exact) mass is 701 g/mol. The SMILES string of the molecule is c1ccc(-c2ccc(-c3nc(-c4ccccc4)nc(-c4ccc(-c5ccc(C6(c7ccccc7)c7ccccc7-c7ccccc76)cc5)cc4)n3)cc2)cc1. The molecule has 10 rings (SSSR count). The number of benzene rings is 8. The van der Waals surface area contributed by atoms with E-state index in [-0.39, 0.29) is 0 Å². The quantitative estimate of drug-likeness (QED) is 0.166. The van der Waals surface area contributed by atoms with Crippen molar-refractivity contribution in [3.63, 3.8) is 0 Å². The van der Waals surface area contributed by atoms with Crippen LogP contribution in [0.1, 0.15) is 22.3 Å². The van der Waals surface area contributed by atoms with Crippen molar-refractivity contribution < 1.29 is 0 Å². The maximum atomic E-state index is 5.01. The number of aromatic nitrogens is 3. The van der Waals surface area contributed by atoms with E-state index in [1.807, 2.05) is 36.4 Å². The minimum Gasteiger partial charge on any atom is -0.208 e. The smallest absolute Gasteiger partial charge is 0.164 e. The molecule has 0 amide bonds. The van der Waals surface area contributed by atoms with Crippen LogP contribution in [-0.4, -0.2) is 15.0 Å². The van der Waals surface area contributed by atoms with E-state index in [0.717, 1.165) is 33.4 Å².